The maximum Gasteiger partial charge on any atom is 0.307 e. The van der Waals surface area contributed by atoms with Crippen LogP contribution >= 0.6 is 34.5 Å². The van der Waals surface area contributed by atoms with Crippen LogP contribution in [-0.2, 0) is 0 Å². The molecule has 1 aliphatic heterocycles. The Labute approximate surface area is 177 Å². The first-order chi connectivity index (χ1) is 14.0. The van der Waals surface area contributed by atoms with Crippen molar-refractivity contribution in [2.45, 2.75) is 0 Å². The first kappa shape index (κ1) is 18.1. The molecule has 0 fully saturated rings. The normalized spacial score (nSPS) is 13.4. The minimum atomic E-state index is -0.302. The number of aromatic hydroxyl groups is 1. The molecule has 2 N–H and O–H groups in total. The van der Waals surface area contributed by atoms with E-state index in [2.05, 4.69) is 15.0 Å². The molecule has 0 aliphatic carbocycles. The number of fused-ring (bicyclic) bond motifs is 2. The third-order valence-corrected chi connectivity index (χ3v) is 6.15. The van der Waals surface area contributed by atoms with Gasteiger partial charge in [-0.15, -0.1) is 0 Å². The third kappa shape index (κ3) is 3.15. The monoisotopic (exact) mass is 439 g/mol. The van der Waals surface area contributed by atoms with Crippen LogP contribution < -0.4 is 26.0 Å². The number of rotatable bonds is 1. The molecule has 5 nitrogen and oxygen atoms in total. The molecule has 8 heteroatoms. The van der Waals surface area contributed by atoms with Gasteiger partial charge in [0.15, 0.2) is 5.82 Å². The van der Waals surface area contributed by atoms with Gasteiger partial charge in [0.05, 0.1) is 25.6 Å². The van der Waals surface area contributed by atoms with E-state index in [9.17, 15) is 9.90 Å². The molecule has 0 bridgehead atoms. The van der Waals surface area contributed by atoms with E-state index >= 15 is 0 Å². The van der Waals surface area contributed by atoms with Gasteiger partial charge in [-0.05, 0) is 40.3 Å². The summed E-state index contributed by atoms with van der Waals surface area (Å²) < 4.78 is 0. The van der Waals surface area contributed by atoms with E-state index in [1.54, 1.807) is 18.2 Å². The number of hydrogen-bond donors (Lipinski definition) is 2. The minimum Gasteiger partial charge on any atom is -0.493 e. The summed E-state index contributed by atoms with van der Waals surface area (Å²) >= 11 is 13.2. The molecular formula is C21H11Cl2N3O2S. The molecule has 0 amide bonds. The van der Waals surface area contributed by atoms with Crippen LogP contribution in [0.25, 0.3) is 22.7 Å². The van der Waals surface area contributed by atoms with Gasteiger partial charge in [-0.1, -0.05) is 64.9 Å². The van der Waals surface area contributed by atoms with E-state index in [1.165, 1.54) is 0 Å². The van der Waals surface area contributed by atoms with Crippen molar-refractivity contribution in [3.8, 4) is 5.88 Å². The Balaban J connectivity index is 1.83. The molecule has 5 rings (SSSR count). The number of aromatic amines is 1. The SMILES string of the molecule is O=c1[nH]c(O)c(C=c2ccc(=C3N=c4cc(Cl)c(Cl)cc4=N3)c3ccccc23)s1. The van der Waals surface area contributed by atoms with Gasteiger partial charge in [-0.25, -0.2) is 9.98 Å². The Morgan fingerprint density at radius 2 is 1.62 bits per heavy atom. The maximum atomic E-state index is 11.5. The van der Waals surface area contributed by atoms with Crippen LogP contribution in [0.2, 0.25) is 10.0 Å². The summed E-state index contributed by atoms with van der Waals surface area (Å²) in [6.07, 6.45) is 1.78. The van der Waals surface area contributed by atoms with Crippen molar-refractivity contribution in [2.75, 3.05) is 0 Å². The predicted octanol–water partition coefficient (Wildman–Crippen LogP) is 2.45. The van der Waals surface area contributed by atoms with Crippen LogP contribution in [0.15, 0.2) is 63.3 Å². The standard InChI is InChI=1S/C21H11Cl2N3O2S/c22-14-8-16-17(9-15(14)23)25-19(24-16)13-6-5-10(11-3-1-2-4-12(11)13)7-18-20(27)26-21(28)29-18/h1-9,27H,(H,26,28). The van der Waals surface area contributed by atoms with Gasteiger partial charge >= 0.3 is 4.87 Å². The van der Waals surface area contributed by atoms with E-state index in [0.717, 1.165) is 32.5 Å². The van der Waals surface area contributed by atoms with Gasteiger partial charge in [-0.2, -0.15) is 0 Å². The molecule has 0 saturated heterocycles. The lowest BCUT2D eigenvalue weighted by Crippen LogP contribution is -2.20. The number of nitrogens with zero attached hydrogens (tertiary/aromatic N) is 2. The molecule has 1 aromatic heterocycles. The van der Waals surface area contributed by atoms with Gasteiger partial charge in [0, 0.05) is 5.22 Å². The van der Waals surface area contributed by atoms with Crippen LogP contribution in [0.1, 0.15) is 4.88 Å². The molecule has 0 spiro atoms. The highest BCUT2D eigenvalue weighted by molar-refractivity contribution is 7.10. The van der Waals surface area contributed by atoms with Crippen molar-refractivity contribution in [3.63, 3.8) is 0 Å². The summed E-state index contributed by atoms with van der Waals surface area (Å²) in [6.45, 7) is 0. The molecule has 0 radical (unpaired) electrons. The quantitative estimate of drug-likeness (QED) is 0.477. The lowest BCUT2D eigenvalue weighted by Gasteiger charge is -2.01. The van der Waals surface area contributed by atoms with Crippen molar-refractivity contribution < 1.29 is 5.11 Å². The van der Waals surface area contributed by atoms with E-state index < -0.39 is 0 Å². The van der Waals surface area contributed by atoms with Gasteiger partial charge in [0.2, 0.25) is 5.88 Å². The molecule has 29 heavy (non-hydrogen) atoms. The van der Waals surface area contributed by atoms with Crippen molar-refractivity contribution in [2.24, 2.45) is 9.98 Å². The van der Waals surface area contributed by atoms with Crippen LogP contribution in [-0.4, -0.2) is 10.1 Å². The summed E-state index contributed by atoms with van der Waals surface area (Å²) in [4.78, 5) is 23.3. The average molecular weight is 440 g/mol. The van der Waals surface area contributed by atoms with Gasteiger partial charge in [0.1, 0.15) is 0 Å². The minimum absolute atomic E-state index is 0.132. The zero-order chi connectivity index (χ0) is 20.1. The van der Waals surface area contributed by atoms with Gasteiger partial charge in [0.25, 0.3) is 0 Å². The zero-order valence-electron chi connectivity index (χ0n) is 14.6. The number of benzene rings is 3. The third-order valence-electron chi connectivity index (χ3n) is 4.61. The fraction of sp³-hybridized carbons (Fsp3) is 0. The van der Waals surface area contributed by atoms with Crippen molar-refractivity contribution in [1.29, 1.82) is 0 Å². The maximum absolute atomic E-state index is 11.5. The van der Waals surface area contributed by atoms with Crippen LogP contribution in [0, 0.1) is 0 Å². The van der Waals surface area contributed by atoms with Crippen LogP contribution in [0.3, 0.4) is 0 Å². The van der Waals surface area contributed by atoms with E-state index in [-0.39, 0.29) is 10.8 Å². The molecule has 0 saturated carbocycles. The van der Waals surface area contributed by atoms with Crippen LogP contribution in [0.4, 0.5) is 0 Å². The number of hydrogen-bond acceptors (Lipinski definition) is 5. The Morgan fingerprint density at radius 3 is 2.24 bits per heavy atom. The summed E-state index contributed by atoms with van der Waals surface area (Å²) in [6, 6.07) is 15.1. The number of halogens is 2. The second kappa shape index (κ2) is 6.84. The van der Waals surface area contributed by atoms with Crippen molar-refractivity contribution in [1.82, 2.24) is 4.98 Å². The van der Waals surface area contributed by atoms with Crippen LogP contribution in [0.5, 0.6) is 5.88 Å². The van der Waals surface area contributed by atoms with E-state index in [4.69, 9.17) is 23.2 Å². The number of nitrogens with one attached hydrogen (secondary N) is 1. The molecular weight excluding hydrogens is 429 g/mol. The fourth-order valence-corrected chi connectivity index (χ4v) is 4.29. The summed E-state index contributed by atoms with van der Waals surface area (Å²) in [5.41, 5.74) is 0. The molecule has 0 unspecified atom stereocenters. The summed E-state index contributed by atoms with van der Waals surface area (Å²) in [5.74, 6) is 0.447. The smallest absolute Gasteiger partial charge is 0.307 e. The van der Waals surface area contributed by atoms with Crippen molar-refractivity contribution in [3.05, 3.63) is 94.3 Å². The predicted molar refractivity (Wildman–Crippen MR) is 116 cm³/mol. The van der Waals surface area contributed by atoms with Crippen molar-refractivity contribution >= 4 is 57.2 Å². The highest BCUT2D eigenvalue weighted by Crippen LogP contribution is 2.19. The molecule has 1 aliphatic rings. The summed E-state index contributed by atoms with van der Waals surface area (Å²) in [5, 5.41) is 15.8. The molecule has 0 atom stereocenters. The lowest BCUT2D eigenvalue weighted by molar-refractivity contribution is 0.455. The van der Waals surface area contributed by atoms with Gasteiger partial charge in [-0.3, -0.25) is 9.78 Å². The fourth-order valence-electron chi connectivity index (χ4n) is 3.29. The highest BCUT2D eigenvalue weighted by atomic mass is 35.5. The second-order valence-electron chi connectivity index (χ2n) is 6.42. The molecule has 2 heterocycles. The Kier molecular flexibility index (Phi) is 4.28. The van der Waals surface area contributed by atoms with E-state index in [0.29, 0.717) is 31.5 Å². The van der Waals surface area contributed by atoms with Gasteiger partial charge < -0.3 is 5.11 Å². The topological polar surface area (TPSA) is 77.8 Å². The molecule has 142 valence electrons. The van der Waals surface area contributed by atoms with E-state index in [1.807, 2.05) is 36.4 Å². The Bertz CT molecular complexity index is 1580. The number of thiazole rings is 1. The largest absolute Gasteiger partial charge is 0.493 e. The number of aromatic nitrogens is 1. The average Bonchev–Trinajstić information content (AvgIpc) is 3.24. The Morgan fingerprint density at radius 1 is 0.966 bits per heavy atom. The molecule has 4 aromatic rings. The first-order valence-electron chi connectivity index (χ1n) is 8.58. The highest BCUT2D eigenvalue weighted by Gasteiger charge is 2.09. The zero-order valence-corrected chi connectivity index (χ0v) is 16.9. The first-order valence-corrected chi connectivity index (χ1v) is 10.2. The molecule has 3 aromatic carbocycles. The number of H-pyrrole nitrogens is 1. The lowest BCUT2D eigenvalue weighted by atomic mass is 10.1. The second-order valence-corrected chi connectivity index (χ2v) is 8.25. The summed E-state index contributed by atoms with van der Waals surface area (Å²) in [7, 11) is 0. The Hall–Kier alpha value is -2.93.